The molecule has 2 heterocycles. The lowest BCUT2D eigenvalue weighted by molar-refractivity contribution is -0.672. The van der Waals surface area contributed by atoms with Crippen LogP contribution in [0.5, 0.6) is 0 Å². The summed E-state index contributed by atoms with van der Waals surface area (Å²) in [6, 6.07) is 14.2. The van der Waals surface area contributed by atoms with Gasteiger partial charge < -0.3 is 28.4 Å². The summed E-state index contributed by atoms with van der Waals surface area (Å²) in [5.74, 6) is 0. The van der Waals surface area contributed by atoms with Crippen LogP contribution in [0.25, 0.3) is 27.6 Å². The number of aryl methyl sites for hydroxylation is 1. The molecule has 4 nitrogen and oxygen atoms in total. The first-order valence-electron chi connectivity index (χ1n) is 6.13. The molecule has 0 unspecified atom stereocenters. The summed E-state index contributed by atoms with van der Waals surface area (Å²) in [5, 5.41) is 6.58. The van der Waals surface area contributed by atoms with Gasteiger partial charge >= 0.3 is 0 Å². The molecular formula is C15H12IN3O. The van der Waals surface area contributed by atoms with Crippen molar-refractivity contribution in [1.82, 2.24) is 9.78 Å². The fraction of sp³-hybridized carbons (Fsp3) is 0.0667. The Balaban J connectivity index is 0.00000121. The van der Waals surface area contributed by atoms with Gasteiger partial charge in [-0.05, 0) is 12.1 Å². The monoisotopic (exact) mass is 377 g/mol. The molecule has 5 heteroatoms. The van der Waals surface area contributed by atoms with Crippen LogP contribution < -0.4 is 28.5 Å². The summed E-state index contributed by atoms with van der Waals surface area (Å²) in [5.41, 5.74) is 2.73. The predicted molar refractivity (Wildman–Crippen MR) is 72.0 cm³/mol. The molecule has 0 amide bonds. The van der Waals surface area contributed by atoms with E-state index in [0.717, 1.165) is 27.6 Å². The molecule has 0 fully saturated rings. The fourth-order valence-corrected chi connectivity index (χ4v) is 2.41. The Morgan fingerprint density at radius 1 is 1.05 bits per heavy atom. The van der Waals surface area contributed by atoms with Gasteiger partial charge in [-0.3, -0.25) is 0 Å². The number of fused-ring (bicyclic) bond motifs is 3. The lowest BCUT2D eigenvalue weighted by Gasteiger charge is -1.94. The fourth-order valence-electron chi connectivity index (χ4n) is 2.41. The molecule has 2 aromatic carbocycles. The van der Waals surface area contributed by atoms with Crippen LogP contribution in [-0.4, -0.2) is 9.78 Å². The van der Waals surface area contributed by atoms with Crippen LogP contribution >= 0.6 is 0 Å². The lowest BCUT2D eigenvalue weighted by atomic mass is 10.1. The van der Waals surface area contributed by atoms with E-state index in [4.69, 9.17) is 4.42 Å². The molecule has 0 atom stereocenters. The zero-order valence-corrected chi connectivity index (χ0v) is 13.0. The molecule has 2 aromatic heterocycles. The van der Waals surface area contributed by atoms with Gasteiger partial charge in [0.15, 0.2) is 11.3 Å². The van der Waals surface area contributed by atoms with E-state index in [2.05, 4.69) is 17.2 Å². The minimum absolute atomic E-state index is 0. The number of hydrogen-bond donors (Lipinski definition) is 0. The number of para-hydroxylation sites is 2. The van der Waals surface area contributed by atoms with Crippen LogP contribution in [0.2, 0.25) is 0 Å². The summed E-state index contributed by atoms with van der Waals surface area (Å²) < 4.78 is 9.71. The molecule has 0 saturated carbocycles. The van der Waals surface area contributed by atoms with Crippen molar-refractivity contribution in [3.8, 4) is 5.69 Å². The zero-order valence-electron chi connectivity index (χ0n) is 10.8. The number of benzene rings is 2. The number of furan rings is 1. The Morgan fingerprint density at radius 3 is 2.65 bits per heavy atom. The van der Waals surface area contributed by atoms with Crippen LogP contribution in [0.4, 0.5) is 0 Å². The minimum atomic E-state index is 0. The van der Waals surface area contributed by atoms with Gasteiger partial charge in [0.25, 0.3) is 6.33 Å². The van der Waals surface area contributed by atoms with Gasteiger partial charge in [-0.2, -0.15) is 0 Å². The van der Waals surface area contributed by atoms with Crippen molar-refractivity contribution in [2.45, 2.75) is 0 Å². The Hall–Kier alpha value is -1.89. The molecule has 0 saturated heterocycles. The first-order chi connectivity index (χ1) is 9.33. The van der Waals surface area contributed by atoms with Crippen LogP contribution in [0, 0.1) is 0 Å². The highest BCUT2D eigenvalue weighted by molar-refractivity contribution is 6.07. The maximum Gasteiger partial charge on any atom is 0.265 e. The van der Waals surface area contributed by atoms with Gasteiger partial charge in [-0.1, -0.05) is 35.0 Å². The molecule has 0 N–H and O–H groups in total. The van der Waals surface area contributed by atoms with Crippen molar-refractivity contribution in [2.24, 2.45) is 7.05 Å². The normalized spacial score (nSPS) is 10.8. The standard InChI is InChI=1S/C15H12N3O.HI/c1-17-9-16-18(10-17)13-7-4-6-12-11-5-2-3-8-14(11)19-15(12)13;/h2-10H,1H3;1H/q+1;/p-1. The quantitative estimate of drug-likeness (QED) is 0.334. The van der Waals surface area contributed by atoms with Crippen molar-refractivity contribution in [2.75, 3.05) is 0 Å². The molecule has 0 radical (unpaired) electrons. The number of hydrogen-bond acceptors (Lipinski definition) is 2. The number of aromatic nitrogens is 3. The summed E-state index contributed by atoms with van der Waals surface area (Å²) in [7, 11) is 1.95. The van der Waals surface area contributed by atoms with Crippen molar-refractivity contribution < 1.29 is 33.0 Å². The Kier molecular flexibility index (Phi) is 3.21. The highest BCUT2D eigenvalue weighted by atomic mass is 127. The molecule has 4 aromatic rings. The molecule has 0 aliphatic heterocycles. The maximum atomic E-state index is 5.98. The molecular weight excluding hydrogens is 365 g/mol. The van der Waals surface area contributed by atoms with Crippen LogP contribution in [-0.2, 0) is 7.05 Å². The second kappa shape index (κ2) is 4.90. The van der Waals surface area contributed by atoms with Crippen LogP contribution in [0.1, 0.15) is 0 Å². The van der Waals surface area contributed by atoms with Gasteiger partial charge in [0.05, 0.1) is 7.05 Å². The van der Waals surface area contributed by atoms with E-state index < -0.39 is 0 Å². The highest BCUT2D eigenvalue weighted by Crippen LogP contribution is 2.31. The van der Waals surface area contributed by atoms with E-state index in [0.29, 0.717) is 0 Å². The predicted octanol–water partition coefficient (Wildman–Crippen LogP) is -0.400. The van der Waals surface area contributed by atoms with Crippen molar-refractivity contribution in [3.05, 3.63) is 55.1 Å². The van der Waals surface area contributed by atoms with E-state index in [1.807, 2.05) is 53.0 Å². The van der Waals surface area contributed by atoms with E-state index in [9.17, 15) is 0 Å². The molecule has 0 aliphatic rings. The topological polar surface area (TPSA) is 34.8 Å². The van der Waals surface area contributed by atoms with Gasteiger partial charge in [0, 0.05) is 15.9 Å². The summed E-state index contributed by atoms with van der Waals surface area (Å²) in [4.78, 5) is 0. The van der Waals surface area contributed by atoms with Gasteiger partial charge in [0.1, 0.15) is 5.58 Å². The van der Waals surface area contributed by atoms with E-state index in [-0.39, 0.29) is 24.0 Å². The lowest BCUT2D eigenvalue weighted by Crippen LogP contribution is -3.00. The molecule has 0 spiro atoms. The SMILES string of the molecule is C[n+]1cnn(-c2cccc3c2oc2ccccc23)c1.[I-]. The molecule has 20 heavy (non-hydrogen) atoms. The third-order valence-corrected chi connectivity index (χ3v) is 3.28. The Labute approximate surface area is 132 Å². The van der Waals surface area contributed by atoms with Crippen molar-refractivity contribution in [1.29, 1.82) is 0 Å². The minimum Gasteiger partial charge on any atom is -1.00 e. The summed E-state index contributed by atoms with van der Waals surface area (Å²) in [6.07, 6.45) is 3.68. The second-order valence-corrected chi connectivity index (χ2v) is 4.61. The molecule has 0 aliphatic carbocycles. The third kappa shape index (κ3) is 1.89. The van der Waals surface area contributed by atoms with Crippen LogP contribution in [0.15, 0.2) is 59.5 Å². The smallest absolute Gasteiger partial charge is 0.265 e. The largest absolute Gasteiger partial charge is 1.00 e. The number of rotatable bonds is 1. The van der Waals surface area contributed by atoms with Gasteiger partial charge in [-0.25, -0.2) is 4.57 Å². The van der Waals surface area contributed by atoms with Gasteiger partial charge in [-0.15, -0.1) is 0 Å². The summed E-state index contributed by atoms with van der Waals surface area (Å²) in [6.45, 7) is 0. The number of halogens is 1. The van der Waals surface area contributed by atoms with E-state index in [1.54, 1.807) is 6.33 Å². The van der Waals surface area contributed by atoms with E-state index >= 15 is 0 Å². The molecule has 0 bridgehead atoms. The average molecular weight is 377 g/mol. The second-order valence-electron chi connectivity index (χ2n) is 4.61. The molecule has 4 rings (SSSR count). The van der Waals surface area contributed by atoms with Crippen molar-refractivity contribution >= 4 is 21.9 Å². The number of nitrogens with zero attached hydrogens (tertiary/aromatic N) is 3. The van der Waals surface area contributed by atoms with Crippen LogP contribution in [0.3, 0.4) is 0 Å². The molecule has 100 valence electrons. The first kappa shape index (κ1) is 13.1. The Morgan fingerprint density at radius 2 is 1.85 bits per heavy atom. The third-order valence-electron chi connectivity index (χ3n) is 3.28. The van der Waals surface area contributed by atoms with Gasteiger partial charge in [0.2, 0.25) is 6.33 Å². The zero-order chi connectivity index (χ0) is 12.8. The summed E-state index contributed by atoms with van der Waals surface area (Å²) >= 11 is 0. The average Bonchev–Trinajstić information content (AvgIpc) is 3.02. The first-order valence-corrected chi connectivity index (χ1v) is 6.13. The van der Waals surface area contributed by atoms with Crippen molar-refractivity contribution in [3.63, 3.8) is 0 Å². The Bertz CT molecular complexity index is 894. The van der Waals surface area contributed by atoms with E-state index in [1.165, 1.54) is 0 Å². The maximum absolute atomic E-state index is 5.98. The highest BCUT2D eigenvalue weighted by Gasteiger charge is 2.15.